The molecule has 0 saturated heterocycles. The Morgan fingerprint density at radius 1 is 0.935 bits per heavy atom. The lowest BCUT2D eigenvalue weighted by molar-refractivity contribution is -0.117. The molecule has 160 valence electrons. The predicted octanol–water partition coefficient (Wildman–Crippen LogP) is 5.94. The van der Waals surface area contributed by atoms with Gasteiger partial charge in [-0.15, -0.1) is 0 Å². The molecule has 2 amide bonds. The molecule has 3 rings (SSSR count). The number of amides is 2. The highest BCUT2D eigenvalue weighted by Gasteiger charge is 2.21. The summed E-state index contributed by atoms with van der Waals surface area (Å²) in [6.07, 6.45) is 0. The van der Waals surface area contributed by atoms with Gasteiger partial charge < -0.3 is 15.0 Å². The van der Waals surface area contributed by atoms with Crippen LogP contribution in [0.2, 0.25) is 15.1 Å². The smallest absolute Gasteiger partial charge is 0.254 e. The molecule has 0 bridgehead atoms. The van der Waals surface area contributed by atoms with E-state index in [2.05, 4.69) is 5.32 Å². The summed E-state index contributed by atoms with van der Waals surface area (Å²) < 4.78 is 5.14. The van der Waals surface area contributed by atoms with Crippen LogP contribution in [0.1, 0.15) is 15.9 Å². The number of carbonyl (C=O) groups excluding carboxylic acids is 2. The molecule has 3 aromatic carbocycles. The second kappa shape index (κ2) is 10.5. The Morgan fingerprint density at radius 2 is 1.65 bits per heavy atom. The van der Waals surface area contributed by atoms with Crippen molar-refractivity contribution in [2.24, 2.45) is 0 Å². The monoisotopic (exact) mass is 476 g/mol. The standard InChI is InChI=1S/C23H19Cl3N2O3/c1-31-20-8-5-15(6-9-20)23(30)28(13-16-11-18(25)7-10-21(16)26)14-22(29)27-19-4-2-3-17(24)12-19/h2-12H,13-14H2,1H3,(H,27,29). The van der Waals surface area contributed by atoms with Gasteiger partial charge in [-0.1, -0.05) is 40.9 Å². The Balaban J connectivity index is 1.84. The van der Waals surface area contributed by atoms with Crippen molar-refractivity contribution < 1.29 is 14.3 Å². The molecule has 0 aromatic heterocycles. The van der Waals surface area contributed by atoms with Gasteiger partial charge in [-0.05, 0) is 66.2 Å². The number of carbonyl (C=O) groups is 2. The Morgan fingerprint density at radius 3 is 2.32 bits per heavy atom. The van der Waals surface area contributed by atoms with Crippen molar-refractivity contribution in [3.05, 3.63) is 92.9 Å². The summed E-state index contributed by atoms with van der Waals surface area (Å²) >= 11 is 18.4. The van der Waals surface area contributed by atoms with E-state index in [9.17, 15) is 9.59 Å². The molecule has 0 heterocycles. The molecule has 8 heteroatoms. The maximum Gasteiger partial charge on any atom is 0.254 e. The molecule has 5 nitrogen and oxygen atoms in total. The van der Waals surface area contributed by atoms with E-state index >= 15 is 0 Å². The molecule has 31 heavy (non-hydrogen) atoms. The summed E-state index contributed by atoms with van der Waals surface area (Å²) in [6, 6.07) is 18.4. The fourth-order valence-corrected chi connectivity index (χ4v) is 3.49. The fraction of sp³-hybridized carbons (Fsp3) is 0.130. The number of benzene rings is 3. The summed E-state index contributed by atoms with van der Waals surface area (Å²) in [5, 5.41) is 4.19. The minimum atomic E-state index is -0.373. The fourth-order valence-electron chi connectivity index (χ4n) is 2.93. The third kappa shape index (κ3) is 6.37. The van der Waals surface area contributed by atoms with Gasteiger partial charge in [0.15, 0.2) is 0 Å². The van der Waals surface area contributed by atoms with Gasteiger partial charge in [0.1, 0.15) is 12.3 Å². The first-order chi connectivity index (χ1) is 14.9. The van der Waals surface area contributed by atoms with Crippen LogP contribution < -0.4 is 10.1 Å². The average molecular weight is 478 g/mol. The number of methoxy groups -OCH3 is 1. The van der Waals surface area contributed by atoms with E-state index in [1.165, 1.54) is 4.90 Å². The van der Waals surface area contributed by atoms with Crippen LogP contribution >= 0.6 is 34.8 Å². The van der Waals surface area contributed by atoms with E-state index in [0.717, 1.165) is 0 Å². The first-order valence-electron chi connectivity index (χ1n) is 9.28. The van der Waals surface area contributed by atoms with Crippen LogP contribution in [-0.4, -0.2) is 30.4 Å². The summed E-state index contributed by atoms with van der Waals surface area (Å²) in [5.41, 5.74) is 1.58. The SMILES string of the molecule is COc1ccc(C(=O)N(CC(=O)Nc2cccc(Cl)c2)Cc2cc(Cl)ccc2Cl)cc1. The average Bonchev–Trinajstić information content (AvgIpc) is 2.75. The van der Waals surface area contributed by atoms with Crippen LogP contribution in [0.25, 0.3) is 0 Å². The van der Waals surface area contributed by atoms with Crippen molar-refractivity contribution in [3.8, 4) is 5.75 Å². The summed E-state index contributed by atoms with van der Waals surface area (Å²) in [4.78, 5) is 27.3. The largest absolute Gasteiger partial charge is 0.497 e. The number of halogens is 3. The zero-order chi connectivity index (χ0) is 22.4. The van der Waals surface area contributed by atoms with E-state index < -0.39 is 0 Å². The molecule has 0 fully saturated rings. The Kier molecular flexibility index (Phi) is 7.80. The minimum absolute atomic E-state index is 0.104. The summed E-state index contributed by atoms with van der Waals surface area (Å²) in [7, 11) is 1.55. The van der Waals surface area contributed by atoms with E-state index in [4.69, 9.17) is 39.5 Å². The maximum absolute atomic E-state index is 13.2. The van der Waals surface area contributed by atoms with E-state index in [-0.39, 0.29) is 24.9 Å². The van der Waals surface area contributed by atoms with Crippen molar-refractivity contribution in [3.63, 3.8) is 0 Å². The van der Waals surface area contributed by atoms with Gasteiger partial charge in [0, 0.05) is 32.9 Å². The predicted molar refractivity (Wildman–Crippen MR) is 124 cm³/mol. The number of hydrogen-bond donors (Lipinski definition) is 1. The molecule has 3 aromatic rings. The second-order valence-electron chi connectivity index (χ2n) is 6.68. The van der Waals surface area contributed by atoms with Crippen LogP contribution in [-0.2, 0) is 11.3 Å². The van der Waals surface area contributed by atoms with Gasteiger partial charge in [0.2, 0.25) is 5.91 Å². The van der Waals surface area contributed by atoms with Gasteiger partial charge in [-0.2, -0.15) is 0 Å². The van der Waals surface area contributed by atoms with E-state index in [1.54, 1.807) is 73.8 Å². The molecule has 0 atom stereocenters. The van der Waals surface area contributed by atoms with Gasteiger partial charge in [0.05, 0.1) is 7.11 Å². The molecule has 0 unspecified atom stereocenters. The molecule has 0 aliphatic rings. The van der Waals surface area contributed by atoms with Crippen molar-refractivity contribution >= 4 is 52.3 Å². The van der Waals surface area contributed by atoms with Gasteiger partial charge >= 0.3 is 0 Å². The third-order valence-electron chi connectivity index (χ3n) is 4.44. The Hall–Kier alpha value is -2.73. The molecular weight excluding hydrogens is 459 g/mol. The van der Waals surface area contributed by atoms with Crippen LogP contribution in [0.15, 0.2) is 66.7 Å². The number of hydrogen-bond acceptors (Lipinski definition) is 3. The minimum Gasteiger partial charge on any atom is -0.497 e. The number of nitrogens with one attached hydrogen (secondary N) is 1. The lowest BCUT2D eigenvalue weighted by atomic mass is 10.1. The van der Waals surface area contributed by atoms with Crippen LogP contribution in [0, 0.1) is 0 Å². The lowest BCUT2D eigenvalue weighted by Crippen LogP contribution is -2.37. The molecular formula is C23H19Cl3N2O3. The summed E-state index contributed by atoms with van der Waals surface area (Å²) in [5.74, 6) is -0.0816. The van der Waals surface area contributed by atoms with Gasteiger partial charge in [-0.3, -0.25) is 9.59 Å². The van der Waals surface area contributed by atoms with Crippen molar-refractivity contribution in [1.29, 1.82) is 0 Å². The third-order valence-corrected chi connectivity index (χ3v) is 5.27. The van der Waals surface area contributed by atoms with Crippen molar-refractivity contribution in [1.82, 2.24) is 4.90 Å². The van der Waals surface area contributed by atoms with Gasteiger partial charge in [0.25, 0.3) is 5.91 Å². The lowest BCUT2D eigenvalue weighted by Gasteiger charge is -2.23. The number of nitrogens with zero attached hydrogens (tertiary/aromatic N) is 1. The highest BCUT2D eigenvalue weighted by Crippen LogP contribution is 2.23. The van der Waals surface area contributed by atoms with E-state index in [0.29, 0.717) is 37.6 Å². The highest BCUT2D eigenvalue weighted by molar-refractivity contribution is 6.33. The Bertz CT molecular complexity index is 1090. The van der Waals surface area contributed by atoms with Gasteiger partial charge in [-0.25, -0.2) is 0 Å². The molecule has 0 saturated carbocycles. The van der Waals surface area contributed by atoms with E-state index in [1.807, 2.05) is 0 Å². The molecule has 0 spiro atoms. The maximum atomic E-state index is 13.2. The Labute approximate surface area is 195 Å². The number of rotatable bonds is 7. The quantitative estimate of drug-likeness (QED) is 0.458. The molecule has 1 N–H and O–H groups in total. The zero-order valence-corrected chi connectivity index (χ0v) is 18.8. The number of anilines is 1. The first kappa shape index (κ1) is 22.9. The topological polar surface area (TPSA) is 58.6 Å². The molecule has 0 aliphatic carbocycles. The second-order valence-corrected chi connectivity index (χ2v) is 7.96. The normalized spacial score (nSPS) is 10.5. The van der Waals surface area contributed by atoms with Crippen LogP contribution in [0.5, 0.6) is 5.75 Å². The zero-order valence-electron chi connectivity index (χ0n) is 16.6. The first-order valence-corrected chi connectivity index (χ1v) is 10.4. The molecule has 0 aliphatic heterocycles. The number of ether oxygens (including phenoxy) is 1. The highest BCUT2D eigenvalue weighted by atomic mass is 35.5. The summed E-state index contributed by atoms with van der Waals surface area (Å²) in [6.45, 7) is -0.0898. The van der Waals surface area contributed by atoms with Crippen LogP contribution in [0.3, 0.4) is 0 Å². The van der Waals surface area contributed by atoms with Crippen molar-refractivity contribution in [2.45, 2.75) is 6.54 Å². The van der Waals surface area contributed by atoms with Crippen LogP contribution in [0.4, 0.5) is 5.69 Å². The van der Waals surface area contributed by atoms with Crippen molar-refractivity contribution in [2.75, 3.05) is 19.0 Å². The molecule has 0 radical (unpaired) electrons.